The number of aromatic hydroxyl groups is 1. The van der Waals surface area contributed by atoms with Gasteiger partial charge in [0.2, 0.25) is 10.8 Å². The van der Waals surface area contributed by atoms with Crippen LogP contribution in [0.4, 0.5) is 0 Å². The van der Waals surface area contributed by atoms with Crippen LogP contribution in [0.25, 0.3) is 4.96 Å². The quantitative estimate of drug-likeness (QED) is 0.705. The van der Waals surface area contributed by atoms with Gasteiger partial charge in [0.1, 0.15) is 0 Å². The van der Waals surface area contributed by atoms with Gasteiger partial charge in [0.25, 0.3) is 0 Å². The van der Waals surface area contributed by atoms with Gasteiger partial charge in [0.15, 0.2) is 5.82 Å². The van der Waals surface area contributed by atoms with E-state index < -0.39 is 0 Å². The Balaban J connectivity index is 1.84. The lowest BCUT2D eigenvalue weighted by molar-refractivity contribution is 0.0241. The van der Waals surface area contributed by atoms with Crippen molar-refractivity contribution in [3.63, 3.8) is 0 Å². The Morgan fingerprint density at radius 3 is 2.73 bits per heavy atom. The first kappa shape index (κ1) is 18.0. The molecule has 6 nitrogen and oxygen atoms in total. The van der Waals surface area contributed by atoms with Gasteiger partial charge in [0, 0.05) is 29.6 Å². The van der Waals surface area contributed by atoms with E-state index in [1.807, 2.05) is 19.1 Å². The first-order chi connectivity index (χ1) is 12.6. The number of thiazole rings is 1. The Morgan fingerprint density at radius 2 is 2.08 bits per heavy atom. The van der Waals surface area contributed by atoms with Gasteiger partial charge >= 0.3 is 0 Å². The molecule has 1 aromatic carbocycles. The largest absolute Gasteiger partial charge is 0.492 e. The van der Waals surface area contributed by atoms with Gasteiger partial charge in [-0.25, -0.2) is 4.98 Å². The van der Waals surface area contributed by atoms with Gasteiger partial charge < -0.3 is 9.84 Å². The lowest BCUT2D eigenvalue weighted by atomic mass is 10.0. The summed E-state index contributed by atoms with van der Waals surface area (Å²) in [4.78, 5) is 8.19. The molecule has 9 heteroatoms. The van der Waals surface area contributed by atoms with Gasteiger partial charge in [-0.15, -0.1) is 5.10 Å². The maximum absolute atomic E-state index is 10.9. The second kappa shape index (κ2) is 7.32. The van der Waals surface area contributed by atoms with Crippen LogP contribution in [-0.2, 0) is 11.2 Å². The van der Waals surface area contributed by atoms with Gasteiger partial charge in [0.05, 0.1) is 24.1 Å². The Morgan fingerprint density at radius 1 is 1.31 bits per heavy atom. The molecule has 3 heterocycles. The van der Waals surface area contributed by atoms with Gasteiger partial charge in [-0.05, 0) is 17.7 Å². The molecule has 1 saturated heterocycles. The zero-order valence-corrected chi connectivity index (χ0v) is 16.5. The summed E-state index contributed by atoms with van der Waals surface area (Å²) in [5, 5.41) is 16.4. The molecule has 2 aromatic heterocycles. The fourth-order valence-electron chi connectivity index (χ4n) is 3.18. The molecule has 0 spiro atoms. The van der Waals surface area contributed by atoms with Crippen LogP contribution < -0.4 is 0 Å². The molecule has 0 aliphatic carbocycles. The Labute approximate surface area is 164 Å². The fraction of sp³-hybridized carbons (Fsp3) is 0.412. The molecule has 0 amide bonds. The number of benzene rings is 1. The van der Waals surface area contributed by atoms with Crippen LogP contribution in [0.15, 0.2) is 18.2 Å². The van der Waals surface area contributed by atoms with Crippen LogP contribution in [0.1, 0.15) is 29.2 Å². The molecule has 0 unspecified atom stereocenters. The third-order valence-electron chi connectivity index (χ3n) is 4.48. The van der Waals surface area contributed by atoms with E-state index in [4.69, 9.17) is 27.9 Å². The van der Waals surface area contributed by atoms with Crippen molar-refractivity contribution in [2.45, 2.75) is 19.4 Å². The van der Waals surface area contributed by atoms with Gasteiger partial charge in [-0.2, -0.15) is 4.52 Å². The maximum Gasteiger partial charge on any atom is 0.230 e. The zero-order valence-electron chi connectivity index (χ0n) is 14.2. The standard InChI is InChI=1S/C17H18Cl2N4O2S/c1-2-13-20-17-23(21-13)16(24)15(26-17)14(22-5-7-25-8-6-22)11-4-3-10(18)9-12(11)19/h3-4,9,14,24H,2,5-8H2,1H3/t14-/m1/s1. The van der Waals surface area contributed by atoms with E-state index in [9.17, 15) is 5.11 Å². The van der Waals surface area contributed by atoms with Crippen LogP contribution in [-0.4, -0.2) is 50.9 Å². The first-order valence-corrected chi connectivity index (χ1v) is 9.99. The number of aromatic nitrogens is 3. The van der Waals surface area contributed by atoms with Crippen molar-refractivity contribution in [3.05, 3.63) is 44.5 Å². The highest BCUT2D eigenvalue weighted by Crippen LogP contribution is 2.42. The summed E-state index contributed by atoms with van der Waals surface area (Å²) in [7, 11) is 0. The monoisotopic (exact) mass is 412 g/mol. The van der Waals surface area contributed by atoms with Gasteiger partial charge in [-0.1, -0.05) is 47.5 Å². The van der Waals surface area contributed by atoms with E-state index in [1.165, 1.54) is 15.9 Å². The van der Waals surface area contributed by atoms with Crippen molar-refractivity contribution < 1.29 is 9.84 Å². The molecule has 1 aliphatic rings. The lowest BCUT2D eigenvalue weighted by Crippen LogP contribution is -2.39. The normalized spacial score (nSPS) is 17.0. The summed E-state index contributed by atoms with van der Waals surface area (Å²) < 4.78 is 7.00. The number of morpholine rings is 1. The molecule has 1 aliphatic heterocycles. The third kappa shape index (κ3) is 3.18. The maximum atomic E-state index is 10.9. The predicted octanol–water partition coefficient (Wildman–Crippen LogP) is 3.79. The van der Waals surface area contributed by atoms with Crippen molar-refractivity contribution in [2.75, 3.05) is 26.3 Å². The van der Waals surface area contributed by atoms with Crippen molar-refractivity contribution in [3.8, 4) is 5.88 Å². The van der Waals surface area contributed by atoms with E-state index >= 15 is 0 Å². The SMILES string of the molecule is CCc1nc2sc([C@@H](c3ccc(Cl)cc3Cl)N3CCOCC3)c(O)n2n1. The minimum absolute atomic E-state index is 0.111. The number of halogens is 2. The Hall–Kier alpha value is -1.38. The van der Waals surface area contributed by atoms with Crippen LogP contribution >= 0.6 is 34.5 Å². The second-order valence-electron chi connectivity index (χ2n) is 6.08. The summed E-state index contributed by atoms with van der Waals surface area (Å²) in [6, 6.07) is 5.26. The van der Waals surface area contributed by atoms with Crippen molar-refractivity contribution in [1.82, 2.24) is 19.5 Å². The predicted molar refractivity (Wildman–Crippen MR) is 103 cm³/mol. The minimum atomic E-state index is -0.206. The molecule has 1 N–H and O–H groups in total. The van der Waals surface area contributed by atoms with Crippen molar-refractivity contribution in [2.24, 2.45) is 0 Å². The average molecular weight is 413 g/mol. The Bertz CT molecular complexity index is 936. The highest BCUT2D eigenvalue weighted by atomic mass is 35.5. The molecule has 4 rings (SSSR count). The zero-order chi connectivity index (χ0) is 18.3. The van der Waals surface area contributed by atoms with Crippen LogP contribution in [0, 0.1) is 0 Å². The van der Waals surface area contributed by atoms with Crippen molar-refractivity contribution in [1.29, 1.82) is 0 Å². The molecule has 0 radical (unpaired) electrons. The summed E-state index contributed by atoms with van der Waals surface area (Å²) >= 11 is 14.0. The van der Waals surface area contributed by atoms with E-state index in [0.29, 0.717) is 34.0 Å². The molecule has 1 fully saturated rings. The number of hydrogen-bond donors (Lipinski definition) is 1. The van der Waals surface area contributed by atoms with Crippen molar-refractivity contribution >= 4 is 39.5 Å². The summed E-state index contributed by atoms with van der Waals surface area (Å²) in [6.45, 7) is 4.77. The summed E-state index contributed by atoms with van der Waals surface area (Å²) in [5.74, 6) is 0.824. The minimum Gasteiger partial charge on any atom is -0.492 e. The summed E-state index contributed by atoms with van der Waals surface area (Å²) in [6.07, 6.45) is 0.721. The van der Waals surface area contributed by atoms with E-state index in [2.05, 4.69) is 15.0 Å². The molecule has 26 heavy (non-hydrogen) atoms. The number of aryl methyl sites for hydroxylation is 1. The molecule has 0 bridgehead atoms. The first-order valence-electron chi connectivity index (χ1n) is 8.42. The van der Waals surface area contributed by atoms with E-state index in [1.54, 1.807) is 6.07 Å². The fourth-order valence-corrected chi connectivity index (χ4v) is 4.82. The number of hydrogen-bond acceptors (Lipinski definition) is 6. The van der Waals surface area contributed by atoms with Crippen LogP contribution in [0.2, 0.25) is 10.0 Å². The number of ether oxygens (including phenoxy) is 1. The molecule has 0 saturated carbocycles. The lowest BCUT2D eigenvalue weighted by Gasteiger charge is -2.34. The molecular formula is C17H18Cl2N4O2S. The Kier molecular flexibility index (Phi) is 5.07. The third-order valence-corrected chi connectivity index (χ3v) is 6.11. The number of rotatable bonds is 4. The smallest absolute Gasteiger partial charge is 0.230 e. The topological polar surface area (TPSA) is 62.9 Å². The van der Waals surface area contributed by atoms with Gasteiger partial charge in [-0.3, -0.25) is 4.90 Å². The highest BCUT2D eigenvalue weighted by Gasteiger charge is 2.32. The van der Waals surface area contributed by atoms with E-state index in [-0.39, 0.29) is 11.9 Å². The second-order valence-corrected chi connectivity index (χ2v) is 7.94. The van der Waals surface area contributed by atoms with Crippen LogP contribution in [0.5, 0.6) is 5.88 Å². The van der Waals surface area contributed by atoms with Crippen LogP contribution in [0.3, 0.4) is 0 Å². The summed E-state index contributed by atoms with van der Waals surface area (Å²) in [5.41, 5.74) is 0.897. The molecule has 1 atom stereocenters. The molecular weight excluding hydrogens is 395 g/mol. The highest BCUT2D eigenvalue weighted by molar-refractivity contribution is 7.17. The average Bonchev–Trinajstić information content (AvgIpc) is 3.18. The van der Waals surface area contributed by atoms with E-state index in [0.717, 1.165) is 30.0 Å². The number of fused-ring (bicyclic) bond motifs is 1. The molecule has 138 valence electrons. The number of nitrogens with zero attached hydrogens (tertiary/aromatic N) is 4. The molecule has 3 aromatic rings.